The van der Waals surface area contributed by atoms with E-state index in [4.69, 9.17) is 4.74 Å². The lowest BCUT2D eigenvalue weighted by atomic mass is 10.1. The van der Waals surface area contributed by atoms with Crippen LogP contribution in [-0.4, -0.2) is 42.1 Å². The van der Waals surface area contributed by atoms with Gasteiger partial charge in [-0.05, 0) is 32.0 Å². The number of pyridine rings is 1. The minimum atomic E-state index is -0.596. The maximum absolute atomic E-state index is 12.6. The molecule has 0 aromatic carbocycles. The van der Waals surface area contributed by atoms with Crippen molar-refractivity contribution in [2.24, 2.45) is 0 Å². The van der Waals surface area contributed by atoms with E-state index in [1.54, 1.807) is 0 Å². The van der Waals surface area contributed by atoms with E-state index in [2.05, 4.69) is 9.88 Å². The molecule has 0 N–H and O–H groups in total. The monoisotopic (exact) mass is 238 g/mol. The Kier molecular flexibility index (Phi) is 3.68. The summed E-state index contributed by atoms with van der Waals surface area (Å²) in [5.41, 5.74) is 0.297. The van der Waals surface area contributed by atoms with Crippen LogP contribution in [0.1, 0.15) is 23.2 Å². The van der Waals surface area contributed by atoms with Crippen LogP contribution < -0.4 is 0 Å². The molecule has 2 heterocycles. The van der Waals surface area contributed by atoms with Crippen molar-refractivity contribution in [3.05, 3.63) is 29.8 Å². The van der Waals surface area contributed by atoms with Gasteiger partial charge < -0.3 is 9.64 Å². The summed E-state index contributed by atoms with van der Waals surface area (Å²) < 4.78 is 17.9. The Morgan fingerprint density at radius 1 is 1.47 bits per heavy atom. The van der Waals surface area contributed by atoms with Crippen molar-refractivity contribution in [2.45, 2.75) is 18.9 Å². The third-order valence-corrected chi connectivity index (χ3v) is 2.90. The summed E-state index contributed by atoms with van der Waals surface area (Å²) in [7, 11) is 2.04. The lowest BCUT2D eigenvalue weighted by Gasteiger charge is -2.28. The maximum Gasteiger partial charge on any atom is 0.339 e. The normalized spacial score (nSPS) is 18.0. The molecule has 92 valence electrons. The number of hydrogen-bond acceptors (Lipinski definition) is 4. The molecule has 17 heavy (non-hydrogen) atoms. The molecule has 0 atom stereocenters. The number of likely N-dealkylation sites (tertiary alicyclic amines) is 1. The zero-order chi connectivity index (χ0) is 12.3. The minimum Gasteiger partial charge on any atom is -0.459 e. The van der Waals surface area contributed by atoms with Gasteiger partial charge in [-0.3, -0.25) is 0 Å². The molecule has 5 heteroatoms. The minimum absolute atomic E-state index is 0.0382. The molecule has 1 aliphatic rings. The third kappa shape index (κ3) is 3.23. The summed E-state index contributed by atoms with van der Waals surface area (Å²) >= 11 is 0. The summed E-state index contributed by atoms with van der Waals surface area (Å²) in [6, 6.07) is 2.55. The topological polar surface area (TPSA) is 42.4 Å². The number of hydrogen-bond donors (Lipinski definition) is 0. The SMILES string of the molecule is CN1CCC(OC(=O)c2ccc(F)nc2)CC1. The largest absolute Gasteiger partial charge is 0.459 e. The summed E-state index contributed by atoms with van der Waals surface area (Å²) in [5.74, 6) is -1.02. The van der Waals surface area contributed by atoms with Gasteiger partial charge >= 0.3 is 5.97 Å². The highest BCUT2D eigenvalue weighted by Gasteiger charge is 2.21. The first-order valence-electron chi connectivity index (χ1n) is 5.66. The van der Waals surface area contributed by atoms with Crippen LogP contribution in [0, 0.1) is 5.95 Å². The van der Waals surface area contributed by atoms with Crippen LogP contribution in [0.5, 0.6) is 0 Å². The Morgan fingerprint density at radius 3 is 2.76 bits per heavy atom. The summed E-state index contributed by atoms with van der Waals surface area (Å²) in [4.78, 5) is 17.3. The number of piperidine rings is 1. The number of halogens is 1. The highest BCUT2D eigenvalue weighted by Crippen LogP contribution is 2.14. The molecule has 0 radical (unpaired) electrons. The highest BCUT2D eigenvalue weighted by atomic mass is 19.1. The van der Waals surface area contributed by atoms with Gasteiger partial charge in [0.15, 0.2) is 0 Å². The average Bonchev–Trinajstić information content (AvgIpc) is 2.33. The molecule has 0 amide bonds. The Balaban J connectivity index is 1.91. The number of carbonyl (C=O) groups excluding carboxylic acids is 1. The van der Waals surface area contributed by atoms with Crippen molar-refractivity contribution < 1.29 is 13.9 Å². The van der Waals surface area contributed by atoms with Crippen molar-refractivity contribution in [3.8, 4) is 0 Å². The Bertz CT molecular complexity index is 386. The Morgan fingerprint density at radius 2 is 2.18 bits per heavy atom. The molecular weight excluding hydrogens is 223 g/mol. The molecule has 0 bridgehead atoms. The summed E-state index contributed by atoms with van der Waals surface area (Å²) in [6.45, 7) is 1.86. The van der Waals surface area contributed by atoms with Gasteiger partial charge in [-0.1, -0.05) is 0 Å². The number of aromatic nitrogens is 1. The zero-order valence-corrected chi connectivity index (χ0v) is 9.73. The van der Waals surface area contributed by atoms with Crippen LogP contribution in [-0.2, 0) is 4.74 Å². The average molecular weight is 238 g/mol. The van der Waals surface area contributed by atoms with Crippen molar-refractivity contribution in [1.82, 2.24) is 9.88 Å². The fraction of sp³-hybridized carbons (Fsp3) is 0.500. The lowest BCUT2D eigenvalue weighted by molar-refractivity contribution is 0.0139. The number of ether oxygens (including phenoxy) is 1. The predicted molar refractivity (Wildman–Crippen MR) is 60.1 cm³/mol. The standard InChI is InChI=1S/C12H15FN2O2/c1-15-6-4-10(5-7-15)17-12(16)9-2-3-11(13)14-8-9/h2-3,8,10H,4-7H2,1H3. The maximum atomic E-state index is 12.6. The van der Waals surface area contributed by atoms with Crippen LogP contribution in [0.3, 0.4) is 0 Å². The second-order valence-corrected chi connectivity index (χ2v) is 4.28. The van der Waals surface area contributed by atoms with Crippen LogP contribution >= 0.6 is 0 Å². The number of nitrogens with zero attached hydrogens (tertiary/aromatic N) is 2. The van der Waals surface area contributed by atoms with Gasteiger partial charge in [-0.2, -0.15) is 4.39 Å². The van der Waals surface area contributed by atoms with Crippen molar-refractivity contribution in [3.63, 3.8) is 0 Å². The van der Waals surface area contributed by atoms with Crippen LogP contribution in [0.4, 0.5) is 4.39 Å². The van der Waals surface area contributed by atoms with E-state index in [-0.39, 0.29) is 6.10 Å². The summed E-state index contributed by atoms with van der Waals surface area (Å²) in [6.07, 6.45) is 2.85. The molecule has 0 aliphatic carbocycles. The first-order chi connectivity index (χ1) is 8.15. The first-order valence-corrected chi connectivity index (χ1v) is 5.66. The second kappa shape index (κ2) is 5.23. The highest BCUT2D eigenvalue weighted by molar-refractivity contribution is 5.89. The van der Waals surface area contributed by atoms with Gasteiger partial charge in [0.1, 0.15) is 6.10 Å². The fourth-order valence-electron chi connectivity index (χ4n) is 1.82. The molecule has 0 saturated carbocycles. The van der Waals surface area contributed by atoms with Crippen molar-refractivity contribution >= 4 is 5.97 Å². The first kappa shape index (κ1) is 12.0. The van der Waals surface area contributed by atoms with Gasteiger partial charge in [-0.25, -0.2) is 9.78 Å². The van der Waals surface area contributed by atoms with Crippen LogP contribution in [0.2, 0.25) is 0 Å². The number of esters is 1. The molecular formula is C12H15FN2O2. The molecule has 1 fully saturated rings. The zero-order valence-electron chi connectivity index (χ0n) is 9.73. The fourth-order valence-corrected chi connectivity index (χ4v) is 1.82. The van der Waals surface area contributed by atoms with E-state index >= 15 is 0 Å². The number of rotatable bonds is 2. The molecule has 2 rings (SSSR count). The van der Waals surface area contributed by atoms with E-state index in [9.17, 15) is 9.18 Å². The van der Waals surface area contributed by atoms with E-state index in [1.165, 1.54) is 12.3 Å². The van der Waals surface area contributed by atoms with E-state index in [1.807, 2.05) is 7.05 Å². The molecule has 0 unspecified atom stereocenters. The quantitative estimate of drug-likeness (QED) is 0.578. The van der Waals surface area contributed by atoms with Crippen molar-refractivity contribution in [2.75, 3.05) is 20.1 Å². The summed E-state index contributed by atoms with van der Waals surface area (Å²) in [5, 5.41) is 0. The van der Waals surface area contributed by atoms with Gasteiger partial charge in [0.2, 0.25) is 5.95 Å². The molecule has 4 nitrogen and oxygen atoms in total. The van der Waals surface area contributed by atoms with Gasteiger partial charge in [0, 0.05) is 19.3 Å². The molecule has 1 aromatic heterocycles. The predicted octanol–water partition coefficient (Wildman–Crippen LogP) is 1.47. The second-order valence-electron chi connectivity index (χ2n) is 4.28. The van der Waals surface area contributed by atoms with Gasteiger partial charge in [0.25, 0.3) is 0 Å². The van der Waals surface area contributed by atoms with Crippen LogP contribution in [0.15, 0.2) is 18.3 Å². The number of carbonyl (C=O) groups is 1. The van der Waals surface area contributed by atoms with E-state index in [0.717, 1.165) is 32.0 Å². The van der Waals surface area contributed by atoms with E-state index < -0.39 is 11.9 Å². The third-order valence-electron chi connectivity index (χ3n) is 2.90. The van der Waals surface area contributed by atoms with Crippen LogP contribution in [0.25, 0.3) is 0 Å². The Hall–Kier alpha value is -1.49. The molecule has 1 saturated heterocycles. The Labute approximate surface area is 99.4 Å². The molecule has 0 spiro atoms. The lowest BCUT2D eigenvalue weighted by Crippen LogP contribution is -2.35. The van der Waals surface area contributed by atoms with E-state index in [0.29, 0.717) is 5.56 Å². The van der Waals surface area contributed by atoms with Gasteiger partial charge in [0.05, 0.1) is 5.56 Å². The smallest absolute Gasteiger partial charge is 0.339 e. The van der Waals surface area contributed by atoms with Crippen molar-refractivity contribution in [1.29, 1.82) is 0 Å². The molecule has 1 aromatic rings. The molecule has 1 aliphatic heterocycles. The van der Waals surface area contributed by atoms with Gasteiger partial charge in [-0.15, -0.1) is 0 Å².